The molecule has 2 aliphatic rings. The maximum absolute atomic E-state index is 11.7. The first kappa shape index (κ1) is 28.6. The second-order valence-corrected chi connectivity index (χ2v) is 10.1. The second-order valence-electron chi connectivity index (χ2n) is 10.1. The molecule has 1 heterocycles. The lowest BCUT2D eigenvalue weighted by Gasteiger charge is -2.35. The van der Waals surface area contributed by atoms with Gasteiger partial charge in [-0.05, 0) is 69.3 Å². The minimum absolute atomic E-state index is 0.0328. The quantitative estimate of drug-likeness (QED) is 0.176. The standard InChI is InChI=1S/C29H42O6/c1-20(2)29(15-8-10-22(29)4)16-14-21(3)9-7-11-25(18-33-23(5)30)12-13-27-26(17-28(32)35-27)19-34-24(6)31/h9,12,17,22,27H,1,7-8,10-11,13-16,18-19H2,2-6H3/b21-9+,25-12+/t22-,27-,29+/m1/s1. The Hall–Kier alpha value is -2.63. The minimum Gasteiger partial charge on any atom is -0.461 e. The zero-order valence-electron chi connectivity index (χ0n) is 22.1. The molecule has 0 amide bonds. The molecule has 6 heteroatoms. The number of esters is 3. The van der Waals surface area contributed by atoms with Gasteiger partial charge in [0.05, 0.1) is 0 Å². The molecule has 35 heavy (non-hydrogen) atoms. The van der Waals surface area contributed by atoms with Gasteiger partial charge < -0.3 is 14.2 Å². The molecule has 0 aromatic rings. The molecule has 0 spiro atoms. The fourth-order valence-corrected chi connectivity index (χ4v) is 5.21. The number of cyclic esters (lactones) is 1. The van der Waals surface area contributed by atoms with E-state index in [0.29, 0.717) is 17.9 Å². The SMILES string of the molecule is C=C(C)[C@@]1(CC/C(C)=C/CC/C(=C\C[C@H]2OC(=O)C=C2COC(C)=O)COC(C)=O)CCC[C@H]1C. The van der Waals surface area contributed by atoms with E-state index in [1.807, 2.05) is 6.08 Å². The van der Waals surface area contributed by atoms with E-state index in [4.69, 9.17) is 14.2 Å². The Labute approximate surface area is 210 Å². The Morgan fingerprint density at radius 1 is 1.14 bits per heavy atom. The molecule has 1 aliphatic carbocycles. The number of hydrogen-bond donors (Lipinski definition) is 0. The summed E-state index contributed by atoms with van der Waals surface area (Å²) in [7, 11) is 0. The van der Waals surface area contributed by atoms with Gasteiger partial charge in [0, 0.05) is 31.9 Å². The Kier molecular flexibility index (Phi) is 11.0. The van der Waals surface area contributed by atoms with E-state index < -0.39 is 18.0 Å². The third kappa shape index (κ3) is 8.83. The molecule has 0 N–H and O–H groups in total. The number of allylic oxidation sites excluding steroid dienone is 3. The van der Waals surface area contributed by atoms with Crippen molar-refractivity contribution in [1.82, 2.24) is 0 Å². The van der Waals surface area contributed by atoms with Gasteiger partial charge in [-0.15, -0.1) is 0 Å². The summed E-state index contributed by atoms with van der Waals surface area (Å²) in [6.45, 7) is 14.0. The van der Waals surface area contributed by atoms with E-state index in [0.717, 1.165) is 31.3 Å². The summed E-state index contributed by atoms with van der Waals surface area (Å²) in [5, 5.41) is 0. The van der Waals surface area contributed by atoms with Crippen molar-refractivity contribution in [3.05, 3.63) is 47.1 Å². The van der Waals surface area contributed by atoms with Crippen molar-refractivity contribution in [3.8, 4) is 0 Å². The number of hydrogen-bond acceptors (Lipinski definition) is 6. The summed E-state index contributed by atoms with van der Waals surface area (Å²) in [4.78, 5) is 34.2. The van der Waals surface area contributed by atoms with Crippen LogP contribution < -0.4 is 0 Å². The average molecular weight is 487 g/mol. The van der Waals surface area contributed by atoms with Crippen LogP contribution >= 0.6 is 0 Å². The molecular weight excluding hydrogens is 444 g/mol. The van der Waals surface area contributed by atoms with Gasteiger partial charge >= 0.3 is 17.9 Å². The van der Waals surface area contributed by atoms with Crippen LogP contribution in [-0.4, -0.2) is 37.2 Å². The lowest BCUT2D eigenvalue weighted by Crippen LogP contribution is -2.24. The summed E-state index contributed by atoms with van der Waals surface area (Å²) in [5.41, 5.74) is 4.56. The van der Waals surface area contributed by atoms with E-state index in [2.05, 4.69) is 33.4 Å². The number of carbonyl (C=O) groups is 3. The third-order valence-corrected chi connectivity index (χ3v) is 7.48. The van der Waals surface area contributed by atoms with Crippen molar-refractivity contribution < 1.29 is 28.6 Å². The third-order valence-electron chi connectivity index (χ3n) is 7.48. The molecule has 194 valence electrons. The molecule has 0 unspecified atom stereocenters. The lowest BCUT2D eigenvalue weighted by molar-refractivity contribution is -0.141. The van der Waals surface area contributed by atoms with Crippen LogP contribution in [0.2, 0.25) is 0 Å². The Balaban J connectivity index is 1.95. The zero-order valence-corrected chi connectivity index (χ0v) is 22.1. The van der Waals surface area contributed by atoms with Crippen molar-refractivity contribution in [2.45, 2.75) is 92.1 Å². The molecule has 6 nitrogen and oxygen atoms in total. The molecule has 0 saturated heterocycles. The van der Waals surface area contributed by atoms with Gasteiger partial charge in [-0.1, -0.05) is 43.2 Å². The molecule has 1 aliphatic heterocycles. The zero-order chi connectivity index (χ0) is 26.0. The summed E-state index contributed by atoms with van der Waals surface area (Å²) in [6.07, 6.45) is 13.2. The van der Waals surface area contributed by atoms with Gasteiger partial charge in [0.2, 0.25) is 0 Å². The fraction of sp³-hybridized carbons (Fsp3) is 0.621. The predicted octanol–water partition coefficient (Wildman–Crippen LogP) is 6.17. The molecular formula is C29H42O6. The van der Waals surface area contributed by atoms with E-state index in [9.17, 15) is 14.4 Å². The molecule has 1 fully saturated rings. The Morgan fingerprint density at radius 3 is 2.46 bits per heavy atom. The van der Waals surface area contributed by atoms with E-state index in [1.165, 1.54) is 50.3 Å². The normalized spacial score (nSPS) is 24.7. The molecule has 0 aromatic heterocycles. The van der Waals surface area contributed by atoms with E-state index in [1.54, 1.807) is 0 Å². The Morgan fingerprint density at radius 2 is 1.86 bits per heavy atom. The molecule has 0 aromatic carbocycles. The van der Waals surface area contributed by atoms with Crippen LogP contribution in [0.3, 0.4) is 0 Å². The Bertz CT molecular complexity index is 893. The van der Waals surface area contributed by atoms with Crippen molar-refractivity contribution in [2.75, 3.05) is 13.2 Å². The van der Waals surface area contributed by atoms with E-state index >= 15 is 0 Å². The summed E-state index contributed by atoms with van der Waals surface area (Å²) in [5.74, 6) is -0.486. The molecule has 0 radical (unpaired) electrons. The van der Waals surface area contributed by atoms with Gasteiger partial charge in [-0.25, -0.2) is 4.79 Å². The number of rotatable bonds is 13. The molecule has 1 saturated carbocycles. The van der Waals surface area contributed by atoms with Gasteiger partial charge in [0.15, 0.2) is 0 Å². The predicted molar refractivity (Wildman–Crippen MR) is 136 cm³/mol. The molecule has 2 rings (SSSR count). The summed E-state index contributed by atoms with van der Waals surface area (Å²) in [6, 6.07) is 0. The van der Waals surface area contributed by atoms with Crippen molar-refractivity contribution in [3.63, 3.8) is 0 Å². The van der Waals surface area contributed by atoms with Gasteiger partial charge in [-0.2, -0.15) is 0 Å². The molecule has 3 atom stereocenters. The highest BCUT2D eigenvalue weighted by molar-refractivity contribution is 5.86. The van der Waals surface area contributed by atoms with Crippen LogP contribution in [0.4, 0.5) is 0 Å². The smallest absolute Gasteiger partial charge is 0.331 e. The summed E-state index contributed by atoms with van der Waals surface area (Å²) >= 11 is 0. The van der Waals surface area contributed by atoms with Crippen LogP contribution in [0.5, 0.6) is 0 Å². The number of ether oxygens (including phenoxy) is 3. The van der Waals surface area contributed by atoms with Crippen LogP contribution in [0, 0.1) is 11.3 Å². The maximum Gasteiger partial charge on any atom is 0.331 e. The van der Waals surface area contributed by atoms with Crippen molar-refractivity contribution in [2.24, 2.45) is 11.3 Å². The van der Waals surface area contributed by atoms with Gasteiger partial charge in [0.25, 0.3) is 0 Å². The summed E-state index contributed by atoms with van der Waals surface area (Å²) < 4.78 is 15.6. The highest BCUT2D eigenvalue weighted by Gasteiger charge is 2.40. The number of carbonyl (C=O) groups excluding carboxylic acids is 3. The van der Waals surface area contributed by atoms with Crippen LogP contribution in [-0.2, 0) is 28.6 Å². The average Bonchev–Trinajstić information content (AvgIpc) is 3.34. The largest absolute Gasteiger partial charge is 0.461 e. The van der Waals surface area contributed by atoms with E-state index in [-0.39, 0.29) is 24.6 Å². The van der Waals surface area contributed by atoms with Gasteiger partial charge in [-0.3, -0.25) is 9.59 Å². The topological polar surface area (TPSA) is 78.9 Å². The van der Waals surface area contributed by atoms with Gasteiger partial charge in [0.1, 0.15) is 19.3 Å². The monoisotopic (exact) mass is 486 g/mol. The van der Waals surface area contributed by atoms with Crippen LogP contribution in [0.15, 0.2) is 47.1 Å². The lowest BCUT2D eigenvalue weighted by atomic mass is 9.70. The van der Waals surface area contributed by atoms with Crippen molar-refractivity contribution >= 4 is 17.9 Å². The highest BCUT2D eigenvalue weighted by Crippen LogP contribution is 2.51. The first-order chi connectivity index (χ1) is 16.5. The minimum atomic E-state index is -0.474. The van der Waals surface area contributed by atoms with Crippen molar-refractivity contribution in [1.29, 1.82) is 0 Å². The first-order valence-corrected chi connectivity index (χ1v) is 12.7. The fourth-order valence-electron chi connectivity index (χ4n) is 5.21. The van der Waals surface area contributed by atoms with Crippen LogP contribution in [0.25, 0.3) is 0 Å². The second kappa shape index (κ2) is 13.5. The first-order valence-electron chi connectivity index (χ1n) is 12.7. The highest BCUT2D eigenvalue weighted by atomic mass is 16.6. The molecule has 0 bridgehead atoms. The maximum atomic E-state index is 11.7. The van der Waals surface area contributed by atoms with Crippen LogP contribution in [0.1, 0.15) is 86.0 Å².